The summed E-state index contributed by atoms with van der Waals surface area (Å²) in [6.45, 7) is 0. The average molecular weight is 276 g/mol. The highest BCUT2D eigenvalue weighted by atomic mass is 16.5. The Balaban J connectivity index is 2.54. The van der Waals surface area contributed by atoms with Crippen molar-refractivity contribution in [3.05, 3.63) is 24.3 Å². The lowest BCUT2D eigenvalue weighted by Gasteiger charge is -2.10. The van der Waals surface area contributed by atoms with Gasteiger partial charge in [-0.15, -0.1) is 0 Å². The molecule has 0 spiro atoms. The van der Waals surface area contributed by atoms with E-state index in [1.807, 2.05) is 12.1 Å². The Morgan fingerprint density at radius 1 is 0.700 bits per heavy atom. The van der Waals surface area contributed by atoms with Gasteiger partial charge >= 0.3 is 6.01 Å². The normalized spacial score (nSPS) is 10.0. The number of rotatable bonds is 5. The SMILES string of the molecule is COc1cc(OC)cc(-c2cc(OC)nc(OC)n2)c1. The number of benzene rings is 1. The Morgan fingerprint density at radius 2 is 1.35 bits per heavy atom. The molecule has 0 saturated carbocycles. The molecule has 1 heterocycles. The van der Waals surface area contributed by atoms with Gasteiger partial charge in [0.25, 0.3) is 0 Å². The van der Waals surface area contributed by atoms with E-state index in [0.29, 0.717) is 23.1 Å². The van der Waals surface area contributed by atoms with Gasteiger partial charge in [-0.1, -0.05) is 0 Å². The van der Waals surface area contributed by atoms with Gasteiger partial charge in [0.05, 0.1) is 34.1 Å². The largest absolute Gasteiger partial charge is 0.497 e. The molecule has 6 nitrogen and oxygen atoms in total. The van der Waals surface area contributed by atoms with E-state index in [2.05, 4.69) is 9.97 Å². The monoisotopic (exact) mass is 276 g/mol. The zero-order valence-corrected chi connectivity index (χ0v) is 11.8. The molecule has 0 unspecified atom stereocenters. The average Bonchev–Trinajstić information content (AvgIpc) is 2.53. The molecule has 0 aliphatic heterocycles. The van der Waals surface area contributed by atoms with Crippen molar-refractivity contribution >= 4 is 0 Å². The van der Waals surface area contributed by atoms with E-state index in [9.17, 15) is 0 Å². The highest BCUT2D eigenvalue weighted by Crippen LogP contribution is 2.30. The van der Waals surface area contributed by atoms with Crippen molar-refractivity contribution in [2.45, 2.75) is 0 Å². The van der Waals surface area contributed by atoms with E-state index in [0.717, 1.165) is 5.56 Å². The summed E-state index contributed by atoms with van der Waals surface area (Å²) in [7, 11) is 6.24. The van der Waals surface area contributed by atoms with Crippen molar-refractivity contribution in [2.75, 3.05) is 28.4 Å². The molecule has 1 aromatic heterocycles. The van der Waals surface area contributed by atoms with Crippen LogP contribution in [0.25, 0.3) is 11.3 Å². The summed E-state index contributed by atoms with van der Waals surface area (Å²) < 4.78 is 20.7. The van der Waals surface area contributed by atoms with E-state index in [4.69, 9.17) is 18.9 Å². The van der Waals surface area contributed by atoms with Crippen LogP contribution in [0.4, 0.5) is 0 Å². The highest BCUT2D eigenvalue weighted by molar-refractivity contribution is 5.65. The molecule has 6 heteroatoms. The van der Waals surface area contributed by atoms with Crippen LogP contribution in [0.1, 0.15) is 0 Å². The van der Waals surface area contributed by atoms with Crippen molar-refractivity contribution in [1.82, 2.24) is 9.97 Å². The first kappa shape index (κ1) is 13.9. The lowest BCUT2D eigenvalue weighted by molar-refractivity contribution is 0.352. The summed E-state index contributed by atoms with van der Waals surface area (Å²) in [6, 6.07) is 7.45. The fraction of sp³-hybridized carbons (Fsp3) is 0.286. The molecule has 1 aromatic carbocycles. The fourth-order valence-corrected chi connectivity index (χ4v) is 1.70. The van der Waals surface area contributed by atoms with Crippen LogP contribution in [0.3, 0.4) is 0 Å². The van der Waals surface area contributed by atoms with Gasteiger partial charge in [-0.05, 0) is 12.1 Å². The third-order valence-corrected chi connectivity index (χ3v) is 2.72. The van der Waals surface area contributed by atoms with Gasteiger partial charge in [0.1, 0.15) is 11.5 Å². The standard InChI is InChI=1S/C14H16N2O4/c1-17-10-5-9(6-11(7-10)18-2)12-8-13(19-3)16-14(15-12)20-4/h5-8H,1-4H3. The summed E-state index contributed by atoms with van der Waals surface area (Å²) in [6.07, 6.45) is 0. The van der Waals surface area contributed by atoms with E-state index in [1.165, 1.54) is 14.2 Å². The van der Waals surface area contributed by atoms with Gasteiger partial charge in [0.2, 0.25) is 5.88 Å². The first-order chi connectivity index (χ1) is 9.69. The van der Waals surface area contributed by atoms with Crippen LogP contribution in [0, 0.1) is 0 Å². The first-order valence-corrected chi connectivity index (χ1v) is 5.90. The second-order valence-corrected chi connectivity index (χ2v) is 3.88. The lowest BCUT2D eigenvalue weighted by Crippen LogP contribution is -1.97. The van der Waals surface area contributed by atoms with Crippen LogP contribution < -0.4 is 18.9 Å². The van der Waals surface area contributed by atoms with Crippen molar-refractivity contribution < 1.29 is 18.9 Å². The summed E-state index contributed by atoms with van der Waals surface area (Å²) in [5.74, 6) is 1.78. The predicted molar refractivity (Wildman–Crippen MR) is 73.7 cm³/mol. The number of ether oxygens (including phenoxy) is 4. The third kappa shape index (κ3) is 2.90. The van der Waals surface area contributed by atoms with Gasteiger partial charge < -0.3 is 18.9 Å². The van der Waals surface area contributed by atoms with Gasteiger partial charge in [0.15, 0.2) is 0 Å². The van der Waals surface area contributed by atoms with Crippen LogP contribution in [0.15, 0.2) is 24.3 Å². The van der Waals surface area contributed by atoms with Crippen molar-refractivity contribution in [3.63, 3.8) is 0 Å². The van der Waals surface area contributed by atoms with Gasteiger partial charge in [0, 0.05) is 17.7 Å². The van der Waals surface area contributed by atoms with E-state index in [1.54, 1.807) is 26.4 Å². The zero-order chi connectivity index (χ0) is 14.5. The molecule has 20 heavy (non-hydrogen) atoms. The van der Waals surface area contributed by atoms with E-state index >= 15 is 0 Å². The molecular weight excluding hydrogens is 260 g/mol. The second kappa shape index (κ2) is 6.10. The summed E-state index contributed by atoms with van der Waals surface area (Å²) >= 11 is 0. The van der Waals surface area contributed by atoms with Crippen LogP contribution in [-0.2, 0) is 0 Å². The summed E-state index contributed by atoms with van der Waals surface area (Å²) in [5, 5.41) is 0. The molecule has 0 bridgehead atoms. The third-order valence-electron chi connectivity index (χ3n) is 2.72. The topological polar surface area (TPSA) is 62.7 Å². The molecule has 106 valence electrons. The van der Waals surface area contributed by atoms with Gasteiger partial charge in [-0.25, -0.2) is 0 Å². The molecule has 0 fully saturated rings. The molecule has 0 amide bonds. The van der Waals surface area contributed by atoms with Crippen LogP contribution in [-0.4, -0.2) is 38.4 Å². The minimum atomic E-state index is 0.237. The second-order valence-electron chi connectivity index (χ2n) is 3.88. The fourth-order valence-electron chi connectivity index (χ4n) is 1.70. The molecule has 2 rings (SSSR count). The number of hydrogen-bond donors (Lipinski definition) is 0. The lowest BCUT2D eigenvalue weighted by atomic mass is 10.1. The zero-order valence-electron chi connectivity index (χ0n) is 11.8. The molecule has 0 N–H and O–H groups in total. The Labute approximate surface area is 117 Å². The maximum Gasteiger partial charge on any atom is 0.320 e. The maximum absolute atomic E-state index is 5.25. The molecule has 2 aromatic rings. The minimum Gasteiger partial charge on any atom is -0.497 e. The minimum absolute atomic E-state index is 0.237. The van der Waals surface area contributed by atoms with Crippen LogP contribution in [0.5, 0.6) is 23.4 Å². The summed E-state index contributed by atoms with van der Waals surface area (Å²) in [5.41, 5.74) is 1.48. The Hall–Kier alpha value is -2.50. The molecular formula is C14H16N2O4. The number of aromatic nitrogens is 2. The number of nitrogens with zero attached hydrogens (tertiary/aromatic N) is 2. The summed E-state index contributed by atoms with van der Waals surface area (Å²) in [4.78, 5) is 8.36. The van der Waals surface area contributed by atoms with Gasteiger partial charge in [-0.3, -0.25) is 0 Å². The van der Waals surface area contributed by atoms with Crippen molar-refractivity contribution in [3.8, 4) is 34.6 Å². The van der Waals surface area contributed by atoms with Crippen molar-refractivity contribution in [1.29, 1.82) is 0 Å². The predicted octanol–water partition coefficient (Wildman–Crippen LogP) is 2.18. The smallest absolute Gasteiger partial charge is 0.320 e. The Morgan fingerprint density at radius 3 is 1.85 bits per heavy atom. The Kier molecular flexibility index (Phi) is 4.24. The number of methoxy groups -OCH3 is 4. The molecule has 0 aliphatic carbocycles. The van der Waals surface area contributed by atoms with Crippen LogP contribution >= 0.6 is 0 Å². The highest BCUT2D eigenvalue weighted by Gasteiger charge is 2.10. The molecule has 0 radical (unpaired) electrons. The van der Waals surface area contributed by atoms with Crippen molar-refractivity contribution in [2.24, 2.45) is 0 Å². The first-order valence-electron chi connectivity index (χ1n) is 5.90. The van der Waals surface area contributed by atoms with Gasteiger partial charge in [-0.2, -0.15) is 9.97 Å². The van der Waals surface area contributed by atoms with E-state index in [-0.39, 0.29) is 6.01 Å². The molecule has 0 aliphatic rings. The quantitative estimate of drug-likeness (QED) is 0.834. The van der Waals surface area contributed by atoms with Crippen LogP contribution in [0.2, 0.25) is 0 Å². The molecule has 0 saturated heterocycles. The number of hydrogen-bond acceptors (Lipinski definition) is 6. The maximum atomic E-state index is 5.25. The Bertz CT molecular complexity index is 504. The molecule has 0 atom stereocenters. The van der Waals surface area contributed by atoms with E-state index < -0.39 is 0 Å².